The van der Waals surface area contributed by atoms with Gasteiger partial charge in [0.15, 0.2) is 0 Å². The second-order valence-electron chi connectivity index (χ2n) is 9.85. The highest BCUT2D eigenvalue weighted by atomic mass is 31.2. The number of rotatable bonds is 11. The smallest absolute Gasteiger partial charge is 0.437 e. The van der Waals surface area contributed by atoms with Crippen molar-refractivity contribution in [1.82, 2.24) is 18.9 Å². The summed E-state index contributed by atoms with van der Waals surface area (Å²) in [5.74, 6) is 5.23. The maximum absolute atomic E-state index is 12.5. The third-order valence-corrected chi connectivity index (χ3v) is 8.24. The number of aliphatic hydroxyl groups excluding tert-OH is 1. The number of anilines is 1. The van der Waals surface area contributed by atoms with Crippen molar-refractivity contribution in [3.05, 3.63) is 80.1 Å². The maximum atomic E-state index is 12.5. The number of H-pyrrole nitrogens is 1. The van der Waals surface area contributed by atoms with Gasteiger partial charge in [0.05, 0.1) is 19.1 Å². The Bertz CT molecular complexity index is 1660. The van der Waals surface area contributed by atoms with Crippen LogP contribution >= 0.6 is 7.75 Å². The van der Waals surface area contributed by atoms with Gasteiger partial charge in [-0.3, -0.25) is 23.7 Å². The van der Waals surface area contributed by atoms with Crippen LogP contribution in [0.4, 0.5) is 5.69 Å². The van der Waals surface area contributed by atoms with E-state index < -0.39 is 50.0 Å². The quantitative estimate of drug-likeness (QED) is 0.140. The zero-order valence-electron chi connectivity index (χ0n) is 24.0. The fourth-order valence-corrected chi connectivity index (χ4v) is 5.56. The Hall–Kier alpha value is -3.99. The summed E-state index contributed by atoms with van der Waals surface area (Å²) in [4.78, 5) is 53.3. The van der Waals surface area contributed by atoms with Gasteiger partial charge in [-0.1, -0.05) is 24.8 Å². The number of aryl methyl sites for hydroxylation is 2. The lowest BCUT2D eigenvalue weighted by Gasteiger charge is -2.19. The number of esters is 1. The number of nitrogens with one attached hydrogen (secondary N) is 2. The van der Waals surface area contributed by atoms with Crippen molar-refractivity contribution in [1.29, 1.82) is 0 Å². The van der Waals surface area contributed by atoms with Crippen LogP contribution in [0.5, 0.6) is 0 Å². The minimum absolute atomic E-state index is 0.00379. The predicted octanol–water partition coefficient (Wildman–Crippen LogP) is 1.83. The van der Waals surface area contributed by atoms with E-state index in [1.165, 1.54) is 25.5 Å². The summed E-state index contributed by atoms with van der Waals surface area (Å²) in [5, 5.41) is 13.5. The molecule has 0 radical (unpaired) electrons. The number of benzene rings is 1. The first-order valence-corrected chi connectivity index (χ1v) is 15.2. The van der Waals surface area contributed by atoms with E-state index in [-0.39, 0.29) is 37.3 Å². The molecule has 3 aromatic rings. The van der Waals surface area contributed by atoms with E-state index in [4.69, 9.17) is 14.0 Å². The highest BCUT2D eigenvalue weighted by molar-refractivity contribution is 7.51. The molecule has 0 aliphatic carbocycles. The van der Waals surface area contributed by atoms with E-state index in [9.17, 15) is 28.9 Å². The molecule has 0 spiro atoms. The van der Waals surface area contributed by atoms with E-state index in [1.807, 2.05) is 32.2 Å². The zero-order chi connectivity index (χ0) is 31.1. The van der Waals surface area contributed by atoms with Crippen molar-refractivity contribution >= 4 is 19.4 Å². The number of carbonyl (C=O) groups excluding carboxylic acids is 1. The second kappa shape index (κ2) is 14.0. The number of aromatic nitrogens is 4. The molecular formula is C28H34N5O9P. The number of imidazole rings is 1. The van der Waals surface area contributed by atoms with Crippen molar-refractivity contribution in [2.75, 3.05) is 19.0 Å². The summed E-state index contributed by atoms with van der Waals surface area (Å²) >= 11 is 0. The van der Waals surface area contributed by atoms with E-state index in [2.05, 4.69) is 27.1 Å². The SMILES string of the molecule is CCc1cc(COC(=O)CCC#Cc2cn([C@H]3CC(O)[C@@H](COP(=O)(O)n4ccnc4C)O3)c(=O)[nH]c2=O)cc(NC)c1. The molecule has 0 bridgehead atoms. The normalized spacial score (nSPS) is 19.3. The van der Waals surface area contributed by atoms with Gasteiger partial charge in [-0.15, -0.1) is 0 Å². The zero-order valence-corrected chi connectivity index (χ0v) is 24.9. The van der Waals surface area contributed by atoms with Gasteiger partial charge < -0.3 is 24.8 Å². The minimum Gasteiger partial charge on any atom is -0.461 e. The number of ether oxygens (including phenoxy) is 2. The number of hydrogen-bond acceptors (Lipinski definition) is 10. The molecular weight excluding hydrogens is 581 g/mol. The van der Waals surface area contributed by atoms with Gasteiger partial charge in [0, 0.05) is 44.2 Å². The second-order valence-corrected chi connectivity index (χ2v) is 11.5. The van der Waals surface area contributed by atoms with Gasteiger partial charge in [-0.25, -0.2) is 18.7 Å². The van der Waals surface area contributed by atoms with E-state index in [0.29, 0.717) is 0 Å². The summed E-state index contributed by atoms with van der Waals surface area (Å²) in [7, 11) is -2.47. The first-order valence-electron chi connectivity index (χ1n) is 13.6. The fourth-order valence-electron chi connectivity index (χ4n) is 4.45. The van der Waals surface area contributed by atoms with E-state index in [0.717, 1.165) is 32.1 Å². The van der Waals surface area contributed by atoms with Gasteiger partial charge in [-0.05, 0) is 36.6 Å². The van der Waals surface area contributed by atoms with Crippen LogP contribution in [0.25, 0.3) is 0 Å². The largest absolute Gasteiger partial charge is 0.461 e. The summed E-state index contributed by atoms with van der Waals surface area (Å²) < 4.78 is 30.8. The maximum Gasteiger partial charge on any atom is 0.437 e. The van der Waals surface area contributed by atoms with Crippen LogP contribution in [-0.2, 0) is 36.4 Å². The fraction of sp³-hybridized carbons (Fsp3) is 0.429. The Morgan fingerprint density at radius 1 is 1.30 bits per heavy atom. The number of hydrogen-bond donors (Lipinski definition) is 4. The lowest BCUT2D eigenvalue weighted by Crippen LogP contribution is -2.33. The molecule has 1 aliphatic rings. The molecule has 0 amide bonds. The van der Waals surface area contributed by atoms with Crippen molar-refractivity contribution in [2.45, 2.75) is 64.6 Å². The van der Waals surface area contributed by atoms with Crippen molar-refractivity contribution < 1.29 is 33.4 Å². The van der Waals surface area contributed by atoms with Gasteiger partial charge >= 0.3 is 19.4 Å². The van der Waals surface area contributed by atoms with Crippen LogP contribution in [0.3, 0.4) is 0 Å². The van der Waals surface area contributed by atoms with Gasteiger partial charge in [0.1, 0.15) is 30.3 Å². The lowest BCUT2D eigenvalue weighted by atomic mass is 10.1. The molecule has 14 nitrogen and oxygen atoms in total. The summed E-state index contributed by atoms with van der Waals surface area (Å²) in [6.45, 7) is 3.26. The Labute approximate surface area is 247 Å². The van der Waals surface area contributed by atoms with Crippen molar-refractivity contribution in [2.24, 2.45) is 0 Å². The average Bonchev–Trinajstić information content (AvgIpc) is 3.59. The van der Waals surface area contributed by atoms with Crippen LogP contribution in [0.2, 0.25) is 0 Å². The van der Waals surface area contributed by atoms with E-state index in [1.54, 1.807) is 0 Å². The minimum atomic E-state index is -4.29. The van der Waals surface area contributed by atoms with Gasteiger partial charge in [0.25, 0.3) is 5.56 Å². The molecule has 1 aromatic carbocycles. The molecule has 43 heavy (non-hydrogen) atoms. The van der Waals surface area contributed by atoms with Gasteiger partial charge in [0.2, 0.25) is 0 Å². The first-order chi connectivity index (χ1) is 20.5. The monoisotopic (exact) mass is 615 g/mol. The molecule has 1 saturated heterocycles. The number of aliphatic hydroxyl groups is 1. The number of nitrogens with zero attached hydrogens (tertiary/aromatic N) is 3. The topological polar surface area (TPSA) is 187 Å². The Balaban J connectivity index is 1.33. The Kier molecular flexibility index (Phi) is 10.4. The molecule has 4 atom stereocenters. The van der Waals surface area contributed by atoms with Crippen LogP contribution < -0.4 is 16.6 Å². The van der Waals surface area contributed by atoms with Crippen LogP contribution in [0.15, 0.2) is 46.4 Å². The molecule has 2 unspecified atom stereocenters. The highest BCUT2D eigenvalue weighted by Gasteiger charge is 2.38. The Morgan fingerprint density at radius 2 is 2.07 bits per heavy atom. The van der Waals surface area contributed by atoms with Crippen molar-refractivity contribution in [3.63, 3.8) is 0 Å². The molecule has 3 heterocycles. The molecule has 2 aromatic heterocycles. The third-order valence-electron chi connectivity index (χ3n) is 6.79. The lowest BCUT2D eigenvalue weighted by molar-refractivity contribution is -0.144. The van der Waals surface area contributed by atoms with Crippen molar-refractivity contribution in [3.8, 4) is 11.8 Å². The number of aromatic amines is 1. The molecule has 15 heteroatoms. The molecule has 1 fully saturated rings. The predicted molar refractivity (Wildman–Crippen MR) is 155 cm³/mol. The average molecular weight is 616 g/mol. The highest BCUT2D eigenvalue weighted by Crippen LogP contribution is 2.45. The van der Waals surface area contributed by atoms with E-state index >= 15 is 0 Å². The van der Waals surface area contributed by atoms with Crippen LogP contribution in [-0.4, -0.2) is 60.7 Å². The Morgan fingerprint density at radius 3 is 2.77 bits per heavy atom. The number of carbonyl (C=O) groups is 1. The molecule has 4 N–H and O–H groups in total. The molecule has 4 rings (SSSR count). The molecule has 1 aliphatic heterocycles. The summed E-state index contributed by atoms with van der Waals surface area (Å²) in [5.41, 5.74) is 1.37. The van der Waals surface area contributed by atoms with Crippen LogP contribution in [0, 0.1) is 18.8 Å². The third kappa shape index (κ3) is 8.10. The standard InChI is InChI=1S/C28H34N5O9P/c1-4-19-11-20(13-22(12-19)29-3)16-40-26(35)8-6-5-7-21-15-32(28(37)31-27(21)36)25-14-23(34)24(42-25)17-41-43(38,39)33-10-9-30-18(33)2/h9-13,15,23-25,29,34H,4,6,8,14,16-17H2,1-3H3,(H,38,39)(H,31,36,37)/t23?,24-,25-/m1/s1. The summed E-state index contributed by atoms with van der Waals surface area (Å²) in [6, 6.07) is 5.91. The van der Waals surface area contributed by atoms with Crippen LogP contribution in [0.1, 0.15) is 54.9 Å². The summed E-state index contributed by atoms with van der Waals surface area (Å²) in [6.07, 6.45) is 1.63. The molecule has 230 valence electrons. The van der Waals surface area contributed by atoms with Gasteiger partial charge in [-0.2, -0.15) is 0 Å². The molecule has 0 saturated carbocycles. The first kappa shape index (κ1) is 31.9.